The largest absolute Gasteiger partial charge is 0.390 e. The molecule has 0 spiro atoms. The van der Waals surface area contributed by atoms with Gasteiger partial charge in [-0.1, -0.05) is 13.8 Å². The van der Waals surface area contributed by atoms with Crippen LogP contribution in [0, 0.1) is 0 Å². The summed E-state index contributed by atoms with van der Waals surface area (Å²) in [4.78, 5) is 15.9. The number of carbonyl (C=O) groups excluding carboxylic acids is 1. The van der Waals surface area contributed by atoms with Gasteiger partial charge in [0.05, 0.1) is 12.3 Å². The van der Waals surface area contributed by atoms with Crippen molar-refractivity contribution in [2.75, 3.05) is 5.32 Å². The smallest absolute Gasteiger partial charge is 0.216 e. The van der Waals surface area contributed by atoms with E-state index in [4.69, 9.17) is 5.11 Å². The maximum atomic E-state index is 10.8. The van der Waals surface area contributed by atoms with Crippen molar-refractivity contribution in [1.29, 1.82) is 0 Å². The normalized spacial score (nSPS) is 10.6. The Hall–Kier alpha value is -0.875. The lowest BCUT2D eigenvalue weighted by Crippen LogP contribution is -2.07. The van der Waals surface area contributed by atoms with Gasteiger partial charge in [-0.15, -0.1) is 11.3 Å². The highest BCUT2D eigenvalue weighted by atomic mass is 32.1. The minimum atomic E-state index is -0.140. The highest BCUT2D eigenvalue weighted by Crippen LogP contribution is 2.29. The summed E-state index contributed by atoms with van der Waals surface area (Å²) in [7, 11) is 1.44. The Labute approximate surface area is 87.8 Å². The van der Waals surface area contributed by atoms with Crippen molar-refractivity contribution in [2.45, 2.75) is 26.4 Å². The van der Waals surface area contributed by atoms with E-state index >= 15 is 0 Å². The van der Waals surface area contributed by atoms with Gasteiger partial charge in [-0.3, -0.25) is 4.79 Å². The molecule has 1 aromatic heterocycles. The molecule has 1 amide bonds. The lowest BCUT2D eigenvalue weighted by molar-refractivity contribution is 0.268. The number of carbonyl (C=O) groups is 1. The number of nitrogens with zero attached hydrogens (tertiary/aromatic N) is 1. The molecule has 0 fully saturated rings. The third-order valence-corrected chi connectivity index (χ3v) is 3.00. The van der Waals surface area contributed by atoms with Crippen molar-refractivity contribution in [3.63, 3.8) is 0 Å². The van der Waals surface area contributed by atoms with Crippen LogP contribution in [0.5, 0.6) is 0 Å². The van der Waals surface area contributed by atoms with Gasteiger partial charge in [-0.05, 0) is 5.92 Å². The maximum absolute atomic E-state index is 10.8. The number of hydrogen-bond acceptors (Lipinski definition) is 4. The molecule has 0 aromatic carbocycles. The van der Waals surface area contributed by atoms with E-state index < -0.39 is 0 Å². The molecule has 0 unspecified atom stereocenters. The van der Waals surface area contributed by atoms with Crippen LogP contribution in [0.2, 0.25) is 0 Å². The summed E-state index contributed by atoms with van der Waals surface area (Å²) in [5.41, 5.74) is 0.661. The molecule has 0 saturated carbocycles. The number of aliphatic hydroxyl groups excluding tert-OH is 1. The SMILES string of the molecule is BC(=O)Nc1nc(CO)c(C(C)C)s1. The summed E-state index contributed by atoms with van der Waals surface area (Å²) >= 11 is 1.42. The predicted octanol–water partition coefficient (Wildman–Crippen LogP) is 0.924. The average molecular weight is 212 g/mol. The first-order chi connectivity index (χ1) is 6.54. The van der Waals surface area contributed by atoms with Crippen molar-refractivity contribution in [2.24, 2.45) is 0 Å². The topological polar surface area (TPSA) is 62.2 Å². The number of nitrogens with one attached hydrogen (secondary N) is 1. The van der Waals surface area contributed by atoms with E-state index in [1.165, 1.54) is 19.2 Å². The van der Waals surface area contributed by atoms with Crippen LogP contribution < -0.4 is 5.32 Å². The third kappa shape index (κ3) is 2.56. The predicted molar refractivity (Wildman–Crippen MR) is 59.7 cm³/mol. The van der Waals surface area contributed by atoms with Crippen LogP contribution in [0.4, 0.5) is 9.93 Å². The number of aromatic nitrogens is 1. The zero-order chi connectivity index (χ0) is 10.7. The van der Waals surface area contributed by atoms with Crippen LogP contribution in [0.1, 0.15) is 30.3 Å². The molecule has 0 aliphatic carbocycles. The molecule has 76 valence electrons. The van der Waals surface area contributed by atoms with Crippen molar-refractivity contribution in [3.8, 4) is 0 Å². The Morgan fingerprint density at radius 1 is 1.71 bits per heavy atom. The minimum absolute atomic E-state index is 0.0798. The van der Waals surface area contributed by atoms with Gasteiger partial charge in [0.2, 0.25) is 7.85 Å². The number of rotatable bonds is 3. The quantitative estimate of drug-likeness (QED) is 0.732. The molecule has 6 heteroatoms. The molecular formula is C8H13BN2O2S. The van der Waals surface area contributed by atoms with E-state index in [0.29, 0.717) is 16.7 Å². The molecule has 0 bridgehead atoms. The molecule has 0 aliphatic rings. The number of anilines is 1. The summed E-state index contributed by atoms with van der Waals surface area (Å²) in [5, 5.41) is 12.2. The molecule has 0 aliphatic heterocycles. The fourth-order valence-corrected chi connectivity index (χ4v) is 2.15. The van der Waals surface area contributed by atoms with Gasteiger partial charge < -0.3 is 10.4 Å². The summed E-state index contributed by atoms with van der Waals surface area (Å²) in [6.07, 6.45) is 0. The van der Waals surface area contributed by atoms with Gasteiger partial charge in [0.15, 0.2) is 10.9 Å². The Morgan fingerprint density at radius 3 is 2.71 bits per heavy atom. The van der Waals surface area contributed by atoms with E-state index in [-0.39, 0.29) is 12.4 Å². The number of hydrogen-bond donors (Lipinski definition) is 2. The van der Waals surface area contributed by atoms with Gasteiger partial charge in [0.1, 0.15) is 0 Å². The number of amides is 1. The average Bonchev–Trinajstić information content (AvgIpc) is 2.46. The summed E-state index contributed by atoms with van der Waals surface area (Å²) in [6, 6.07) is 0. The Bertz CT molecular complexity index is 338. The first-order valence-corrected chi connectivity index (χ1v) is 5.24. The van der Waals surface area contributed by atoms with Crippen molar-refractivity contribution >= 4 is 30.1 Å². The second-order valence-electron chi connectivity index (χ2n) is 3.32. The highest BCUT2D eigenvalue weighted by Gasteiger charge is 2.13. The second-order valence-corrected chi connectivity index (χ2v) is 4.35. The molecule has 1 heterocycles. The van der Waals surface area contributed by atoms with E-state index in [1.807, 2.05) is 13.8 Å². The fraction of sp³-hybridized carbons (Fsp3) is 0.500. The lowest BCUT2D eigenvalue weighted by Gasteiger charge is -2.00. The first kappa shape index (κ1) is 11.2. The van der Waals surface area contributed by atoms with Gasteiger partial charge in [0.25, 0.3) is 0 Å². The minimum Gasteiger partial charge on any atom is -0.390 e. The van der Waals surface area contributed by atoms with Crippen LogP contribution in [0.25, 0.3) is 0 Å². The van der Waals surface area contributed by atoms with Crippen LogP contribution in [0.3, 0.4) is 0 Å². The molecular weight excluding hydrogens is 199 g/mol. The van der Waals surface area contributed by atoms with E-state index in [2.05, 4.69) is 10.3 Å². The zero-order valence-electron chi connectivity index (χ0n) is 8.50. The van der Waals surface area contributed by atoms with E-state index in [0.717, 1.165) is 4.88 Å². The molecule has 14 heavy (non-hydrogen) atoms. The Morgan fingerprint density at radius 2 is 2.36 bits per heavy atom. The molecule has 1 aromatic rings. The summed E-state index contributed by atoms with van der Waals surface area (Å²) in [5.74, 6) is 0.177. The van der Waals surface area contributed by atoms with E-state index in [9.17, 15) is 4.79 Å². The van der Waals surface area contributed by atoms with Crippen LogP contribution in [-0.2, 0) is 6.61 Å². The third-order valence-electron chi connectivity index (χ3n) is 1.68. The maximum Gasteiger partial charge on any atom is 0.216 e. The van der Waals surface area contributed by atoms with Gasteiger partial charge >= 0.3 is 0 Å². The highest BCUT2D eigenvalue weighted by molar-refractivity contribution is 7.16. The van der Waals surface area contributed by atoms with Crippen molar-refractivity contribution in [1.82, 2.24) is 4.98 Å². The first-order valence-electron chi connectivity index (χ1n) is 4.42. The molecule has 4 nitrogen and oxygen atoms in total. The second kappa shape index (κ2) is 4.57. The number of aliphatic hydroxyl groups is 1. The van der Waals surface area contributed by atoms with Gasteiger partial charge in [-0.25, -0.2) is 4.98 Å². The van der Waals surface area contributed by atoms with Crippen LogP contribution >= 0.6 is 11.3 Å². The molecule has 1 rings (SSSR count). The van der Waals surface area contributed by atoms with Crippen molar-refractivity contribution < 1.29 is 9.90 Å². The Balaban J connectivity index is 2.94. The zero-order valence-corrected chi connectivity index (χ0v) is 9.31. The molecule has 0 atom stereocenters. The Kier molecular flexibility index (Phi) is 3.65. The monoisotopic (exact) mass is 212 g/mol. The van der Waals surface area contributed by atoms with Crippen molar-refractivity contribution in [3.05, 3.63) is 10.6 Å². The standard InChI is InChI=1S/C8H13BN2O2S/c1-4(2)6-5(3-12)10-8(14-6)11-7(9)13/h4,12H,3,9H2,1-2H3,(H,10,11,13). The van der Waals surface area contributed by atoms with Gasteiger partial charge in [-0.2, -0.15) is 0 Å². The fourth-order valence-electron chi connectivity index (χ4n) is 1.13. The van der Waals surface area contributed by atoms with Gasteiger partial charge in [0, 0.05) is 4.88 Å². The van der Waals surface area contributed by atoms with Crippen LogP contribution in [0.15, 0.2) is 0 Å². The summed E-state index contributed by atoms with van der Waals surface area (Å²) < 4.78 is 0. The van der Waals surface area contributed by atoms with Crippen LogP contribution in [-0.4, -0.2) is 23.7 Å². The van der Waals surface area contributed by atoms with E-state index in [1.54, 1.807) is 0 Å². The lowest BCUT2D eigenvalue weighted by atomic mass is 10.1. The number of thiazole rings is 1. The molecule has 0 saturated heterocycles. The molecule has 2 N–H and O–H groups in total. The summed E-state index contributed by atoms with van der Waals surface area (Å²) in [6.45, 7) is 3.98. The molecule has 0 radical (unpaired) electrons.